The maximum Gasteiger partial charge on any atom is 0.203 e. The van der Waals surface area contributed by atoms with E-state index in [4.69, 9.17) is 11.6 Å². The fourth-order valence-corrected chi connectivity index (χ4v) is 2.47. The summed E-state index contributed by atoms with van der Waals surface area (Å²) < 4.78 is 2.05. The molecule has 1 aromatic heterocycles. The molecule has 0 bridgehead atoms. The van der Waals surface area contributed by atoms with Gasteiger partial charge in [-0.1, -0.05) is 60.1 Å². The Bertz CT molecular complexity index is 735. The summed E-state index contributed by atoms with van der Waals surface area (Å²) in [7, 11) is 2.00. The van der Waals surface area contributed by atoms with Crippen LogP contribution in [0, 0.1) is 0 Å². The molecule has 0 spiro atoms. The Labute approximate surface area is 129 Å². The van der Waals surface area contributed by atoms with Crippen molar-refractivity contribution in [2.45, 2.75) is 6.54 Å². The van der Waals surface area contributed by atoms with Gasteiger partial charge in [0.05, 0.1) is 11.9 Å². The van der Waals surface area contributed by atoms with Gasteiger partial charge in [-0.05, 0) is 17.2 Å². The Kier molecular flexibility index (Phi) is 3.93. The predicted molar refractivity (Wildman–Crippen MR) is 87.4 cm³/mol. The van der Waals surface area contributed by atoms with Crippen LogP contribution in [0.25, 0.3) is 11.3 Å². The van der Waals surface area contributed by atoms with Crippen LogP contribution < -0.4 is 5.32 Å². The van der Waals surface area contributed by atoms with Crippen molar-refractivity contribution in [3.63, 3.8) is 0 Å². The number of imidazole rings is 1. The molecule has 0 saturated carbocycles. The van der Waals surface area contributed by atoms with E-state index in [9.17, 15) is 0 Å². The molecule has 0 saturated heterocycles. The van der Waals surface area contributed by atoms with Crippen LogP contribution in [-0.4, -0.2) is 9.55 Å². The second-order valence-corrected chi connectivity index (χ2v) is 5.24. The number of rotatable bonds is 4. The number of hydrogen-bond acceptors (Lipinski definition) is 2. The topological polar surface area (TPSA) is 29.9 Å². The van der Waals surface area contributed by atoms with Gasteiger partial charge in [0.1, 0.15) is 0 Å². The summed E-state index contributed by atoms with van der Waals surface area (Å²) in [6, 6.07) is 18.0. The Hall–Kier alpha value is -2.26. The highest BCUT2D eigenvalue weighted by Gasteiger charge is 2.08. The van der Waals surface area contributed by atoms with Crippen molar-refractivity contribution in [1.29, 1.82) is 0 Å². The molecule has 1 heterocycles. The van der Waals surface area contributed by atoms with E-state index in [1.807, 2.05) is 60.3 Å². The molecule has 106 valence electrons. The molecule has 0 radical (unpaired) electrons. The first-order valence-corrected chi connectivity index (χ1v) is 7.18. The number of benzene rings is 2. The van der Waals surface area contributed by atoms with Crippen LogP contribution in [0.4, 0.5) is 5.95 Å². The molecule has 0 amide bonds. The van der Waals surface area contributed by atoms with Crippen molar-refractivity contribution in [1.82, 2.24) is 9.55 Å². The lowest BCUT2D eigenvalue weighted by Crippen LogP contribution is -2.06. The molecule has 2 aromatic carbocycles. The smallest absolute Gasteiger partial charge is 0.203 e. The van der Waals surface area contributed by atoms with Crippen molar-refractivity contribution >= 4 is 17.5 Å². The highest BCUT2D eigenvalue weighted by molar-refractivity contribution is 6.31. The Morgan fingerprint density at radius 3 is 2.52 bits per heavy atom. The molecule has 3 rings (SSSR count). The largest absolute Gasteiger partial charge is 0.352 e. The fourth-order valence-electron chi connectivity index (χ4n) is 2.27. The van der Waals surface area contributed by atoms with E-state index in [1.165, 1.54) is 0 Å². The zero-order valence-corrected chi connectivity index (χ0v) is 12.5. The molecular weight excluding hydrogens is 282 g/mol. The highest BCUT2D eigenvalue weighted by Crippen LogP contribution is 2.22. The van der Waals surface area contributed by atoms with E-state index in [0.717, 1.165) is 27.8 Å². The number of aromatic nitrogens is 2. The van der Waals surface area contributed by atoms with Crippen molar-refractivity contribution < 1.29 is 0 Å². The van der Waals surface area contributed by atoms with Crippen molar-refractivity contribution in [3.05, 3.63) is 71.4 Å². The molecule has 1 N–H and O–H groups in total. The molecule has 0 fully saturated rings. The lowest BCUT2D eigenvalue weighted by atomic mass is 10.2. The van der Waals surface area contributed by atoms with E-state index in [2.05, 4.69) is 22.4 Å². The molecule has 0 aliphatic carbocycles. The van der Waals surface area contributed by atoms with Gasteiger partial charge in [0.25, 0.3) is 0 Å². The first-order valence-electron chi connectivity index (χ1n) is 6.80. The van der Waals surface area contributed by atoms with E-state index in [0.29, 0.717) is 6.54 Å². The van der Waals surface area contributed by atoms with Crippen molar-refractivity contribution in [3.8, 4) is 11.3 Å². The zero-order chi connectivity index (χ0) is 14.7. The minimum atomic E-state index is 0.652. The lowest BCUT2D eigenvalue weighted by Gasteiger charge is -2.09. The SMILES string of the molecule is Cn1c(-c2ccccc2)cnc1NCc1ccccc1Cl. The summed E-state index contributed by atoms with van der Waals surface area (Å²) in [6.07, 6.45) is 1.88. The normalized spacial score (nSPS) is 10.6. The van der Waals surface area contributed by atoms with Crippen LogP contribution in [0.1, 0.15) is 5.56 Å². The summed E-state index contributed by atoms with van der Waals surface area (Å²) in [6.45, 7) is 0.652. The predicted octanol–water partition coefficient (Wildman–Crippen LogP) is 4.35. The zero-order valence-electron chi connectivity index (χ0n) is 11.8. The van der Waals surface area contributed by atoms with E-state index in [-0.39, 0.29) is 0 Å². The van der Waals surface area contributed by atoms with Crippen LogP contribution in [0.15, 0.2) is 60.8 Å². The monoisotopic (exact) mass is 297 g/mol. The summed E-state index contributed by atoms with van der Waals surface area (Å²) in [5.41, 5.74) is 3.29. The van der Waals surface area contributed by atoms with Gasteiger partial charge in [0.2, 0.25) is 5.95 Å². The first kappa shape index (κ1) is 13.7. The quantitative estimate of drug-likeness (QED) is 0.776. The molecule has 4 heteroatoms. The molecule has 21 heavy (non-hydrogen) atoms. The van der Waals surface area contributed by atoms with Crippen molar-refractivity contribution in [2.75, 3.05) is 5.32 Å². The van der Waals surface area contributed by atoms with Gasteiger partial charge in [0.15, 0.2) is 0 Å². The number of anilines is 1. The van der Waals surface area contributed by atoms with Crippen LogP contribution in [0.5, 0.6) is 0 Å². The van der Waals surface area contributed by atoms with Gasteiger partial charge in [-0.15, -0.1) is 0 Å². The molecule has 0 atom stereocenters. The van der Waals surface area contributed by atoms with Crippen LogP contribution in [0.3, 0.4) is 0 Å². The molecule has 3 nitrogen and oxygen atoms in total. The summed E-state index contributed by atoms with van der Waals surface area (Å²) in [5.74, 6) is 0.828. The minimum absolute atomic E-state index is 0.652. The minimum Gasteiger partial charge on any atom is -0.352 e. The third-order valence-corrected chi connectivity index (χ3v) is 3.82. The molecular formula is C17H16ClN3. The van der Waals surface area contributed by atoms with Crippen LogP contribution in [0.2, 0.25) is 5.02 Å². The fraction of sp³-hybridized carbons (Fsp3) is 0.118. The molecule has 0 aliphatic rings. The molecule has 3 aromatic rings. The average molecular weight is 298 g/mol. The second-order valence-electron chi connectivity index (χ2n) is 4.84. The van der Waals surface area contributed by atoms with Crippen molar-refractivity contribution in [2.24, 2.45) is 7.05 Å². The Balaban J connectivity index is 1.79. The van der Waals surface area contributed by atoms with Gasteiger partial charge in [-0.25, -0.2) is 4.98 Å². The van der Waals surface area contributed by atoms with Gasteiger partial charge in [-0.2, -0.15) is 0 Å². The number of nitrogens with one attached hydrogen (secondary N) is 1. The van der Waals surface area contributed by atoms with Crippen LogP contribution in [-0.2, 0) is 13.6 Å². The van der Waals surface area contributed by atoms with Gasteiger partial charge < -0.3 is 9.88 Å². The standard InChI is InChI=1S/C17H16ClN3/c1-21-16(13-7-3-2-4-8-13)12-20-17(21)19-11-14-9-5-6-10-15(14)18/h2-10,12H,11H2,1H3,(H,19,20). The highest BCUT2D eigenvalue weighted by atomic mass is 35.5. The molecule has 0 unspecified atom stereocenters. The lowest BCUT2D eigenvalue weighted by molar-refractivity contribution is 0.907. The van der Waals surface area contributed by atoms with Gasteiger partial charge in [0, 0.05) is 18.6 Å². The number of nitrogens with zero attached hydrogens (tertiary/aromatic N) is 2. The van der Waals surface area contributed by atoms with Crippen LogP contribution >= 0.6 is 11.6 Å². The first-order chi connectivity index (χ1) is 10.3. The second kappa shape index (κ2) is 6.02. The summed E-state index contributed by atoms with van der Waals surface area (Å²) in [5, 5.41) is 4.09. The van der Waals surface area contributed by atoms with E-state index in [1.54, 1.807) is 0 Å². The maximum absolute atomic E-state index is 6.16. The summed E-state index contributed by atoms with van der Waals surface area (Å²) >= 11 is 6.16. The number of halogens is 1. The maximum atomic E-state index is 6.16. The van der Waals surface area contributed by atoms with Gasteiger partial charge in [-0.3, -0.25) is 0 Å². The Morgan fingerprint density at radius 1 is 1.05 bits per heavy atom. The number of hydrogen-bond donors (Lipinski definition) is 1. The molecule has 0 aliphatic heterocycles. The Morgan fingerprint density at radius 2 is 1.76 bits per heavy atom. The van der Waals surface area contributed by atoms with Gasteiger partial charge >= 0.3 is 0 Å². The third kappa shape index (κ3) is 2.93. The van der Waals surface area contributed by atoms with E-state index < -0.39 is 0 Å². The third-order valence-electron chi connectivity index (χ3n) is 3.45. The summed E-state index contributed by atoms with van der Waals surface area (Å²) in [4.78, 5) is 4.45. The average Bonchev–Trinajstić information content (AvgIpc) is 2.88. The van der Waals surface area contributed by atoms with E-state index >= 15 is 0 Å².